The third-order valence-electron chi connectivity index (χ3n) is 4.95. The van der Waals surface area contributed by atoms with E-state index in [2.05, 4.69) is 20.8 Å². The quantitative estimate of drug-likeness (QED) is 0.465. The number of fused-ring (bicyclic) bond motifs is 1. The maximum Gasteiger partial charge on any atom is 0.234 e. The minimum Gasteiger partial charge on any atom is -0.454 e. The number of anilines is 2. The van der Waals surface area contributed by atoms with Crippen LogP contribution in [0.2, 0.25) is 5.02 Å². The van der Waals surface area contributed by atoms with Crippen molar-refractivity contribution in [1.29, 1.82) is 0 Å². The number of halogens is 1. The summed E-state index contributed by atoms with van der Waals surface area (Å²) in [5, 5.41) is 15.1. The molecule has 9 nitrogen and oxygen atoms in total. The number of rotatable bonds is 8. The fourth-order valence-electron chi connectivity index (χ4n) is 3.11. The molecule has 0 spiro atoms. The molecule has 4 rings (SSSR count). The first kappa shape index (κ1) is 22.9. The van der Waals surface area contributed by atoms with E-state index in [1.807, 2.05) is 26.1 Å². The number of amides is 2. The first-order chi connectivity index (χ1) is 15.9. The second-order valence-corrected chi connectivity index (χ2v) is 8.72. The summed E-state index contributed by atoms with van der Waals surface area (Å²) in [6.07, 6.45) is 0.658. The maximum atomic E-state index is 12.3. The molecular formula is C22H22ClN5O4S. The van der Waals surface area contributed by atoms with Gasteiger partial charge in [-0.15, -0.1) is 10.2 Å². The lowest BCUT2D eigenvalue weighted by Gasteiger charge is -2.07. The molecule has 2 aromatic carbocycles. The molecule has 172 valence electrons. The zero-order valence-electron chi connectivity index (χ0n) is 18.1. The molecule has 0 saturated carbocycles. The van der Waals surface area contributed by atoms with Gasteiger partial charge < -0.3 is 24.7 Å². The van der Waals surface area contributed by atoms with Crippen LogP contribution in [0.1, 0.15) is 17.8 Å². The highest BCUT2D eigenvalue weighted by atomic mass is 35.5. The van der Waals surface area contributed by atoms with Crippen LogP contribution >= 0.6 is 23.4 Å². The topological polar surface area (TPSA) is 107 Å². The maximum absolute atomic E-state index is 12.3. The van der Waals surface area contributed by atoms with Gasteiger partial charge >= 0.3 is 0 Å². The summed E-state index contributed by atoms with van der Waals surface area (Å²) in [5.41, 5.74) is 2.23. The number of aromatic nitrogens is 3. The van der Waals surface area contributed by atoms with E-state index in [-0.39, 0.29) is 30.8 Å². The Hall–Kier alpha value is -3.24. The Morgan fingerprint density at radius 2 is 1.79 bits per heavy atom. The van der Waals surface area contributed by atoms with Gasteiger partial charge in [-0.2, -0.15) is 0 Å². The summed E-state index contributed by atoms with van der Waals surface area (Å²) in [6, 6.07) is 10.6. The molecule has 0 fully saturated rings. The number of aryl methyl sites for hydroxylation is 2. The number of carbonyl (C=O) groups excluding carboxylic acids is 2. The second kappa shape index (κ2) is 10.1. The molecule has 11 heteroatoms. The lowest BCUT2D eigenvalue weighted by Crippen LogP contribution is -2.15. The van der Waals surface area contributed by atoms with Gasteiger partial charge in [0.25, 0.3) is 0 Å². The van der Waals surface area contributed by atoms with Crippen LogP contribution in [0.3, 0.4) is 0 Å². The number of benzene rings is 2. The van der Waals surface area contributed by atoms with Crippen LogP contribution in [0.15, 0.2) is 41.6 Å². The van der Waals surface area contributed by atoms with Crippen molar-refractivity contribution in [2.75, 3.05) is 23.2 Å². The molecule has 3 aromatic rings. The molecule has 1 aliphatic heterocycles. The van der Waals surface area contributed by atoms with Crippen LogP contribution in [0.5, 0.6) is 11.5 Å². The minimum atomic E-state index is -0.181. The Morgan fingerprint density at radius 1 is 1.06 bits per heavy atom. The number of nitrogens with zero attached hydrogens (tertiary/aromatic N) is 3. The molecule has 2 N–H and O–H groups in total. The van der Waals surface area contributed by atoms with Crippen LogP contribution in [-0.4, -0.2) is 39.1 Å². The lowest BCUT2D eigenvalue weighted by atomic mass is 10.2. The van der Waals surface area contributed by atoms with E-state index in [0.29, 0.717) is 45.3 Å². The van der Waals surface area contributed by atoms with E-state index in [4.69, 9.17) is 21.1 Å². The molecule has 0 saturated heterocycles. The molecule has 0 radical (unpaired) electrons. The van der Waals surface area contributed by atoms with Gasteiger partial charge in [0, 0.05) is 42.4 Å². The molecule has 2 amide bonds. The van der Waals surface area contributed by atoms with Gasteiger partial charge in [-0.3, -0.25) is 9.59 Å². The van der Waals surface area contributed by atoms with Crippen molar-refractivity contribution in [2.24, 2.45) is 7.05 Å². The normalized spacial score (nSPS) is 12.0. The van der Waals surface area contributed by atoms with Crippen LogP contribution in [0.25, 0.3) is 0 Å². The average Bonchev–Trinajstić information content (AvgIpc) is 3.39. The van der Waals surface area contributed by atoms with Crippen molar-refractivity contribution in [3.63, 3.8) is 0 Å². The van der Waals surface area contributed by atoms with Crippen LogP contribution in [0.4, 0.5) is 11.4 Å². The van der Waals surface area contributed by atoms with Gasteiger partial charge in [-0.25, -0.2) is 0 Å². The van der Waals surface area contributed by atoms with E-state index in [1.165, 1.54) is 11.8 Å². The van der Waals surface area contributed by atoms with Crippen LogP contribution in [0, 0.1) is 6.92 Å². The summed E-state index contributed by atoms with van der Waals surface area (Å²) < 4.78 is 12.4. The summed E-state index contributed by atoms with van der Waals surface area (Å²) in [7, 11) is 1.81. The SMILES string of the molecule is Cc1ccc(NC(=O)CCc2nnc(SCC(=O)Nc3ccc4c(c3)OCO4)n2C)cc1Cl. The molecule has 1 aromatic heterocycles. The van der Waals surface area contributed by atoms with E-state index in [0.717, 1.165) is 5.56 Å². The van der Waals surface area contributed by atoms with Crippen molar-refractivity contribution in [2.45, 2.75) is 24.9 Å². The van der Waals surface area contributed by atoms with Crippen molar-refractivity contribution < 1.29 is 19.1 Å². The second-order valence-electron chi connectivity index (χ2n) is 7.37. The highest BCUT2D eigenvalue weighted by Crippen LogP contribution is 2.34. The lowest BCUT2D eigenvalue weighted by molar-refractivity contribution is -0.116. The zero-order valence-corrected chi connectivity index (χ0v) is 19.6. The number of hydrogen-bond acceptors (Lipinski definition) is 7. The summed E-state index contributed by atoms with van der Waals surface area (Å²) in [5.74, 6) is 1.76. The molecule has 2 heterocycles. The number of ether oxygens (including phenoxy) is 2. The third-order valence-corrected chi connectivity index (χ3v) is 6.37. The summed E-state index contributed by atoms with van der Waals surface area (Å²) in [4.78, 5) is 24.6. The first-order valence-electron chi connectivity index (χ1n) is 10.2. The smallest absolute Gasteiger partial charge is 0.234 e. The Balaban J connectivity index is 1.25. The molecule has 33 heavy (non-hydrogen) atoms. The van der Waals surface area contributed by atoms with Gasteiger partial charge in [0.05, 0.1) is 5.75 Å². The van der Waals surface area contributed by atoms with Crippen LogP contribution < -0.4 is 20.1 Å². The first-order valence-corrected chi connectivity index (χ1v) is 11.5. The number of hydrogen-bond donors (Lipinski definition) is 2. The number of thioether (sulfide) groups is 1. The van der Waals surface area contributed by atoms with E-state index < -0.39 is 0 Å². The predicted octanol–water partition coefficient (Wildman–Crippen LogP) is 3.81. The molecule has 1 aliphatic rings. The monoisotopic (exact) mass is 487 g/mol. The Kier molecular flexibility index (Phi) is 7.05. The molecule has 0 atom stereocenters. The third kappa shape index (κ3) is 5.77. The highest BCUT2D eigenvalue weighted by molar-refractivity contribution is 7.99. The van der Waals surface area contributed by atoms with E-state index in [9.17, 15) is 9.59 Å². The molecule has 0 aliphatic carbocycles. The largest absolute Gasteiger partial charge is 0.454 e. The predicted molar refractivity (Wildman–Crippen MR) is 126 cm³/mol. The van der Waals surface area contributed by atoms with Crippen LogP contribution in [-0.2, 0) is 23.1 Å². The van der Waals surface area contributed by atoms with E-state index in [1.54, 1.807) is 28.8 Å². The van der Waals surface area contributed by atoms with Crippen molar-refractivity contribution >= 4 is 46.6 Å². The zero-order chi connectivity index (χ0) is 23.4. The van der Waals surface area contributed by atoms with Gasteiger partial charge in [-0.05, 0) is 36.8 Å². The van der Waals surface area contributed by atoms with Crippen molar-refractivity contribution in [3.05, 3.63) is 52.8 Å². The summed E-state index contributed by atoms with van der Waals surface area (Å²) >= 11 is 7.37. The Labute approximate surface area is 199 Å². The van der Waals surface area contributed by atoms with Crippen molar-refractivity contribution in [1.82, 2.24) is 14.8 Å². The molecule has 0 unspecified atom stereocenters. The minimum absolute atomic E-state index is 0.143. The molecule has 0 bridgehead atoms. The fourth-order valence-corrected chi connectivity index (χ4v) is 4.02. The average molecular weight is 488 g/mol. The Bertz CT molecular complexity index is 1200. The summed E-state index contributed by atoms with van der Waals surface area (Å²) in [6.45, 7) is 2.08. The Morgan fingerprint density at radius 3 is 2.61 bits per heavy atom. The van der Waals surface area contributed by atoms with Gasteiger partial charge in [0.2, 0.25) is 18.6 Å². The van der Waals surface area contributed by atoms with Gasteiger partial charge in [0.15, 0.2) is 16.7 Å². The van der Waals surface area contributed by atoms with E-state index >= 15 is 0 Å². The van der Waals surface area contributed by atoms with Gasteiger partial charge in [0.1, 0.15) is 5.82 Å². The number of nitrogens with one attached hydrogen (secondary N) is 2. The van der Waals surface area contributed by atoms with Crippen molar-refractivity contribution in [3.8, 4) is 11.5 Å². The number of carbonyl (C=O) groups is 2. The van der Waals surface area contributed by atoms with Gasteiger partial charge in [-0.1, -0.05) is 29.4 Å². The highest BCUT2D eigenvalue weighted by Gasteiger charge is 2.16. The molecular weight excluding hydrogens is 466 g/mol. The fraction of sp³-hybridized carbons (Fsp3) is 0.273. The standard InChI is InChI=1S/C22H22ClN5O4S/c1-13-3-4-14(9-16(13)23)24-20(29)8-7-19-26-27-22(28(19)2)33-11-21(30)25-15-5-6-17-18(10-15)32-12-31-17/h3-6,9-10H,7-8,11-12H2,1-2H3,(H,24,29)(H,25,30).